The van der Waals surface area contributed by atoms with Crippen LogP contribution in [0.3, 0.4) is 0 Å². The molecule has 0 aromatic heterocycles. The third-order valence-corrected chi connectivity index (χ3v) is 2.11. The largest absolute Gasteiger partial charge is 0.397 e. The van der Waals surface area contributed by atoms with E-state index in [4.69, 9.17) is 4.55 Å². The van der Waals surface area contributed by atoms with Gasteiger partial charge in [0.05, 0.1) is 0 Å². The molecule has 6 nitrogen and oxygen atoms in total. The first-order chi connectivity index (χ1) is 8.03. The molecule has 0 atom stereocenters. The summed E-state index contributed by atoms with van der Waals surface area (Å²) in [5.41, 5.74) is 0. The zero-order chi connectivity index (χ0) is 12.7. The van der Waals surface area contributed by atoms with E-state index < -0.39 is 10.3 Å². The minimum absolute atomic E-state index is 1.31. The summed E-state index contributed by atoms with van der Waals surface area (Å²) in [6, 6.07) is 16.7. The number of rotatable bonds is 1. The van der Waals surface area contributed by atoms with Gasteiger partial charge in [-0.2, -0.15) is 8.42 Å². The quantitative estimate of drug-likeness (QED) is 0.350. The van der Waals surface area contributed by atoms with Crippen LogP contribution in [0.2, 0.25) is 0 Å². The zero-order valence-electron chi connectivity index (χ0n) is 8.76. The molecule has 0 saturated carbocycles. The molecule has 0 radical (unpaired) electrons. The van der Waals surface area contributed by atoms with Gasteiger partial charge >= 0.3 is 10.3 Å². The first kappa shape index (κ1) is 13.1. The summed E-state index contributed by atoms with van der Waals surface area (Å²) < 4.78 is 28.7. The van der Waals surface area contributed by atoms with Crippen LogP contribution in [0.4, 0.5) is 0 Å². The van der Waals surface area contributed by atoms with Gasteiger partial charge in [0, 0.05) is 0 Å². The van der Waals surface area contributed by atoms with Crippen LogP contribution < -0.4 is 5.84 Å². The molecule has 0 amide bonds. The average Bonchev–Trinajstić information content (AvgIpc) is 2.28. The van der Waals surface area contributed by atoms with E-state index in [1.165, 1.54) is 10.8 Å². The second kappa shape index (κ2) is 5.92. The Labute approximate surface area is 98.6 Å². The Morgan fingerprint density at radius 1 is 0.941 bits per heavy atom. The highest BCUT2D eigenvalue weighted by Crippen LogP contribution is 2.11. The summed E-state index contributed by atoms with van der Waals surface area (Å²) >= 11 is 0. The molecule has 0 spiro atoms. The third kappa shape index (κ3) is 5.05. The number of nitrogens with two attached hydrogens (primary N) is 1. The molecule has 2 rings (SSSR count). The lowest BCUT2D eigenvalue weighted by Gasteiger charge is -1.92. The van der Waals surface area contributed by atoms with Crippen LogP contribution in [0, 0.1) is 0 Å². The number of benzene rings is 2. The maximum absolute atomic E-state index is 9.45. The van der Waals surface area contributed by atoms with Crippen molar-refractivity contribution in [1.82, 2.24) is 0 Å². The average molecular weight is 253 g/mol. The molecule has 7 heteroatoms. The van der Waals surface area contributed by atoms with Crippen LogP contribution in [0.1, 0.15) is 0 Å². The maximum atomic E-state index is 9.45. The molecule has 3 N–H and O–H groups in total. The molecule has 0 aliphatic rings. The molecule has 2 aromatic rings. The fourth-order valence-electron chi connectivity index (χ4n) is 1.19. The molecule has 90 valence electrons. The van der Waals surface area contributed by atoms with Crippen LogP contribution in [-0.2, 0) is 10.3 Å². The molecule has 0 bridgehead atoms. The summed E-state index contributed by atoms with van der Waals surface area (Å²) in [5.74, 6) is 4.23. The Kier molecular flexibility index (Phi) is 4.56. The van der Waals surface area contributed by atoms with Gasteiger partial charge in [0.25, 0.3) is 0 Å². The second-order valence-electron chi connectivity index (χ2n) is 2.99. The van der Waals surface area contributed by atoms with Gasteiger partial charge in [0.15, 0.2) is 0 Å². The molecule has 0 aliphatic carbocycles. The second-order valence-corrected chi connectivity index (χ2v) is 4.05. The summed E-state index contributed by atoms with van der Waals surface area (Å²) in [6.45, 7) is 0. The Morgan fingerprint density at radius 3 is 1.47 bits per heavy atom. The van der Waals surface area contributed by atoms with E-state index in [1.807, 2.05) is 0 Å². The van der Waals surface area contributed by atoms with E-state index >= 15 is 0 Å². The van der Waals surface area contributed by atoms with Crippen molar-refractivity contribution < 1.29 is 13.0 Å². The Balaban J connectivity index is 0.000000185. The predicted octanol–water partition coefficient (Wildman–Crippen LogP) is 1.95. The minimum atomic E-state index is -4.34. The van der Waals surface area contributed by atoms with Crippen molar-refractivity contribution in [3.05, 3.63) is 48.5 Å². The summed E-state index contributed by atoms with van der Waals surface area (Å²) in [5, 5.41) is 4.91. The fourth-order valence-corrected chi connectivity index (χ4v) is 1.31. The van der Waals surface area contributed by atoms with E-state index in [0.29, 0.717) is 0 Å². The van der Waals surface area contributed by atoms with Crippen molar-refractivity contribution >= 4 is 21.1 Å². The van der Waals surface area contributed by atoms with Crippen molar-refractivity contribution in [2.75, 3.05) is 0 Å². The van der Waals surface area contributed by atoms with Gasteiger partial charge in [-0.1, -0.05) is 53.8 Å². The summed E-state index contributed by atoms with van der Waals surface area (Å²) in [6.07, 6.45) is 0. The number of nitrogens with zero attached hydrogens (tertiary/aromatic N) is 2. The van der Waals surface area contributed by atoms with Crippen molar-refractivity contribution in [2.24, 2.45) is 15.6 Å². The van der Waals surface area contributed by atoms with Gasteiger partial charge < -0.3 is 5.84 Å². The first-order valence-electron chi connectivity index (χ1n) is 4.56. The molecule has 0 aliphatic heterocycles. The van der Waals surface area contributed by atoms with Gasteiger partial charge in [0.1, 0.15) is 0 Å². The molecule has 0 unspecified atom stereocenters. The lowest BCUT2D eigenvalue weighted by molar-refractivity contribution is 0.481. The standard InChI is InChI=1S/C10H8.H3N3O3S/c1-2-6-10-8-4-3-7-9(10)5-1;1-2-3-7(4,5)6/h1-8H;(H2,1,3)(H,4,5,6). The smallest absolute Gasteiger partial charge is 0.304 e. The number of fused-ring (bicyclic) bond motifs is 1. The fraction of sp³-hybridized carbons (Fsp3) is 0. The molecule has 2 aromatic carbocycles. The normalized spacial score (nSPS) is 11.1. The number of hydrogen-bond acceptors (Lipinski definition) is 3. The highest BCUT2D eigenvalue weighted by atomic mass is 32.2. The maximum Gasteiger partial charge on any atom is 0.397 e. The lowest BCUT2D eigenvalue weighted by atomic mass is 10.1. The molecule has 0 heterocycles. The van der Waals surface area contributed by atoms with Crippen LogP contribution in [0.5, 0.6) is 0 Å². The van der Waals surface area contributed by atoms with Gasteiger partial charge in [-0.05, 0) is 15.3 Å². The van der Waals surface area contributed by atoms with Crippen LogP contribution in [-0.4, -0.2) is 13.0 Å². The molecule has 17 heavy (non-hydrogen) atoms. The van der Waals surface area contributed by atoms with E-state index in [9.17, 15) is 8.42 Å². The van der Waals surface area contributed by atoms with Crippen molar-refractivity contribution in [3.8, 4) is 0 Å². The van der Waals surface area contributed by atoms with Gasteiger partial charge in [-0.25, -0.2) is 0 Å². The van der Waals surface area contributed by atoms with Crippen molar-refractivity contribution in [2.45, 2.75) is 0 Å². The van der Waals surface area contributed by atoms with Crippen molar-refractivity contribution in [1.29, 1.82) is 0 Å². The predicted molar refractivity (Wildman–Crippen MR) is 64.5 cm³/mol. The molecule has 0 fully saturated rings. The van der Waals surface area contributed by atoms with Crippen LogP contribution in [0.15, 0.2) is 58.3 Å². The molecular formula is C10H11N3O3S. The van der Waals surface area contributed by atoms with Gasteiger partial charge in [-0.15, -0.1) is 0 Å². The van der Waals surface area contributed by atoms with Crippen molar-refractivity contribution in [3.63, 3.8) is 0 Å². The Morgan fingerprint density at radius 2 is 1.29 bits per heavy atom. The van der Waals surface area contributed by atoms with E-state index in [1.54, 1.807) is 0 Å². The van der Waals surface area contributed by atoms with E-state index in [-0.39, 0.29) is 0 Å². The first-order valence-corrected chi connectivity index (χ1v) is 5.96. The minimum Gasteiger partial charge on any atom is -0.304 e. The molecule has 0 saturated heterocycles. The monoisotopic (exact) mass is 253 g/mol. The zero-order valence-corrected chi connectivity index (χ0v) is 9.58. The van der Waals surface area contributed by atoms with E-state index in [2.05, 4.69) is 64.1 Å². The van der Waals surface area contributed by atoms with Gasteiger partial charge in [-0.3, -0.25) is 4.55 Å². The van der Waals surface area contributed by atoms with Gasteiger partial charge in [0.2, 0.25) is 0 Å². The Hall–Kier alpha value is -1.99. The number of hydrogen-bond donors (Lipinski definition) is 2. The Bertz CT molecular complexity index is 545. The van der Waals surface area contributed by atoms with E-state index in [0.717, 1.165) is 0 Å². The SMILES string of the molecule is NN=NS(=O)(=O)O.c1ccc2ccccc2c1. The van der Waals surface area contributed by atoms with Crippen LogP contribution in [0.25, 0.3) is 10.8 Å². The lowest BCUT2D eigenvalue weighted by Crippen LogP contribution is -1.90. The summed E-state index contributed by atoms with van der Waals surface area (Å²) in [7, 11) is -4.34. The molecular weight excluding hydrogens is 242 g/mol. The highest BCUT2D eigenvalue weighted by molar-refractivity contribution is 7.84. The topological polar surface area (TPSA) is 105 Å². The van der Waals surface area contributed by atoms with Crippen LogP contribution >= 0.6 is 0 Å². The summed E-state index contributed by atoms with van der Waals surface area (Å²) in [4.78, 5) is 0. The third-order valence-electron chi connectivity index (χ3n) is 1.81. The highest BCUT2D eigenvalue weighted by Gasteiger charge is 1.94.